The van der Waals surface area contributed by atoms with Crippen LogP contribution in [0.1, 0.15) is 41.4 Å². The van der Waals surface area contributed by atoms with E-state index in [-0.39, 0.29) is 17.8 Å². The molecule has 2 fully saturated rings. The van der Waals surface area contributed by atoms with Crippen molar-refractivity contribution in [1.82, 2.24) is 24.8 Å². The summed E-state index contributed by atoms with van der Waals surface area (Å²) in [6.07, 6.45) is 4.38. The van der Waals surface area contributed by atoms with E-state index in [4.69, 9.17) is 9.84 Å². The minimum atomic E-state index is -0.232. The Morgan fingerprint density at radius 2 is 2.06 bits per heavy atom. The number of halogens is 1. The van der Waals surface area contributed by atoms with Gasteiger partial charge in [0, 0.05) is 26.2 Å². The van der Waals surface area contributed by atoms with Gasteiger partial charge in [0.15, 0.2) is 11.3 Å². The van der Waals surface area contributed by atoms with Gasteiger partial charge in [-0.05, 0) is 55.6 Å². The molecule has 2 aliphatic rings. The first-order valence-electron chi connectivity index (χ1n) is 11.6. The zero-order valence-electron chi connectivity index (χ0n) is 18.6. The van der Waals surface area contributed by atoms with Gasteiger partial charge in [-0.3, -0.25) is 9.69 Å². The number of hydrogen-bond donors (Lipinski definition) is 1. The minimum Gasteiger partial charge on any atom is -0.379 e. The fourth-order valence-corrected chi connectivity index (χ4v) is 4.69. The lowest BCUT2D eigenvalue weighted by atomic mass is 10.0. The second kappa shape index (κ2) is 9.84. The zero-order chi connectivity index (χ0) is 22.6. The second-order valence-electron chi connectivity index (χ2n) is 8.57. The maximum absolute atomic E-state index is 13.8. The zero-order valence-corrected chi connectivity index (χ0v) is 18.6. The standard InChI is InChI=1S/C24H29FN6O2/c25-19-5-1-4-18(16-19)20-6-2-11-30(20)23-8-7-22-27-17-21(31(22)28-23)24(32)26-9-3-10-29-12-14-33-15-13-29/h1,4-5,7-8,16-17,20H,2-3,6,9-15H2,(H,26,32). The molecule has 2 aromatic heterocycles. The molecule has 33 heavy (non-hydrogen) atoms. The predicted molar refractivity (Wildman–Crippen MR) is 123 cm³/mol. The van der Waals surface area contributed by atoms with Crippen molar-refractivity contribution in [3.05, 3.63) is 59.7 Å². The fourth-order valence-electron chi connectivity index (χ4n) is 4.69. The van der Waals surface area contributed by atoms with E-state index in [0.717, 1.165) is 70.0 Å². The SMILES string of the molecule is O=C(NCCCN1CCOCC1)c1cnc2ccc(N3CCCC3c3cccc(F)c3)nn12. The van der Waals surface area contributed by atoms with Crippen molar-refractivity contribution in [2.45, 2.75) is 25.3 Å². The molecule has 9 heteroatoms. The number of carbonyl (C=O) groups excluding carboxylic acids is 1. The summed E-state index contributed by atoms with van der Waals surface area (Å²) in [6, 6.07) is 10.6. The monoisotopic (exact) mass is 452 g/mol. The highest BCUT2D eigenvalue weighted by Gasteiger charge is 2.28. The summed E-state index contributed by atoms with van der Waals surface area (Å²) < 4.78 is 20.8. The molecule has 5 rings (SSSR count). The first kappa shape index (κ1) is 21.8. The number of morpholine rings is 1. The molecule has 3 aromatic rings. The van der Waals surface area contributed by atoms with Gasteiger partial charge < -0.3 is 15.0 Å². The van der Waals surface area contributed by atoms with Crippen molar-refractivity contribution in [2.75, 3.05) is 50.8 Å². The molecule has 174 valence electrons. The van der Waals surface area contributed by atoms with Crippen LogP contribution < -0.4 is 10.2 Å². The van der Waals surface area contributed by atoms with E-state index in [2.05, 4.69) is 20.1 Å². The first-order chi connectivity index (χ1) is 16.2. The van der Waals surface area contributed by atoms with Crippen LogP contribution in [-0.2, 0) is 4.74 Å². The van der Waals surface area contributed by atoms with Crippen LogP contribution in [0.15, 0.2) is 42.6 Å². The average Bonchev–Trinajstić information content (AvgIpc) is 3.49. The van der Waals surface area contributed by atoms with Gasteiger partial charge in [-0.2, -0.15) is 0 Å². The largest absolute Gasteiger partial charge is 0.379 e. The molecule has 1 aromatic carbocycles. The Bertz CT molecular complexity index is 1110. The maximum atomic E-state index is 13.8. The van der Waals surface area contributed by atoms with E-state index in [9.17, 15) is 9.18 Å². The highest BCUT2D eigenvalue weighted by Crippen LogP contribution is 2.35. The topological polar surface area (TPSA) is 75.0 Å². The number of fused-ring (bicyclic) bond motifs is 1. The smallest absolute Gasteiger partial charge is 0.271 e. The van der Waals surface area contributed by atoms with E-state index in [1.807, 2.05) is 18.2 Å². The Morgan fingerprint density at radius 3 is 2.91 bits per heavy atom. The number of carbonyl (C=O) groups is 1. The van der Waals surface area contributed by atoms with Gasteiger partial charge in [0.2, 0.25) is 0 Å². The van der Waals surface area contributed by atoms with Crippen molar-refractivity contribution in [1.29, 1.82) is 0 Å². The molecule has 4 heterocycles. The molecule has 1 atom stereocenters. The van der Waals surface area contributed by atoms with Gasteiger partial charge in [-0.25, -0.2) is 13.9 Å². The van der Waals surface area contributed by atoms with Crippen molar-refractivity contribution >= 4 is 17.4 Å². The molecule has 2 saturated heterocycles. The number of ether oxygens (including phenoxy) is 1. The molecule has 0 aliphatic carbocycles. The number of hydrogen-bond acceptors (Lipinski definition) is 6. The number of benzene rings is 1. The Hall–Kier alpha value is -3.04. The van der Waals surface area contributed by atoms with Crippen LogP contribution in [0.5, 0.6) is 0 Å². The average molecular weight is 453 g/mol. The van der Waals surface area contributed by atoms with E-state index in [1.54, 1.807) is 22.8 Å². The molecule has 8 nitrogen and oxygen atoms in total. The number of rotatable bonds is 7. The highest BCUT2D eigenvalue weighted by atomic mass is 19.1. The van der Waals surface area contributed by atoms with Crippen molar-refractivity contribution in [3.8, 4) is 0 Å². The van der Waals surface area contributed by atoms with E-state index in [1.165, 1.54) is 6.07 Å². The lowest BCUT2D eigenvalue weighted by Crippen LogP contribution is -2.38. The van der Waals surface area contributed by atoms with Crippen LogP contribution >= 0.6 is 0 Å². The van der Waals surface area contributed by atoms with Crippen molar-refractivity contribution in [3.63, 3.8) is 0 Å². The van der Waals surface area contributed by atoms with Crippen molar-refractivity contribution < 1.29 is 13.9 Å². The fraction of sp³-hybridized carbons (Fsp3) is 0.458. The third-order valence-corrected chi connectivity index (χ3v) is 6.40. The molecule has 0 radical (unpaired) electrons. The van der Waals surface area contributed by atoms with Gasteiger partial charge in [0.05, 0.1) is 25.5 Å². The Labute approximate surface area is 192 Å². The highest BCUT2D eigenvalue weighted by molar-refractivity contribution is 5.93. The summed E-state index contributed by atoms with van der Waals surface area (Å²) in [7, 11) is 0. The molecular formula is C24H29FN6O2. The summed E-state index contributed by atoms with van der Waals surface area (Å²) >= 11 is 0. The summed E-state index contributed by atoms with van der Waals surface area (Å²) in [4.78, 5) is 21.7. The van der Waals surface area contributed by atoms with Gasteiger partial charge in [-0.15, -0.1) is 5.10 Å². The maximum Gasteiger partial charge on any atom is 0.271 e. The van der Waals surface area contributed by atoms with Gasteiger partial charge in [0.1, 0.15) is 11.6 Å². The van der Waals surface area contributed by atoms with Gasteiger partial charge in [-0.1, -0.05) is 12.1 Å². The number of aromatic nitrogens is 3. The molecule has 1 N–H and O–H groups in total. The van der Waals surface area contributed by atoms with Gasteiger partial charge >= 0.3 is 0 Å². The second-order valence-corrected chi connectivity index (χ2v) is 8.57. The van der Waals surface area contributed by atoms with Crippen molar-refractivity contribution in [2.24, 2.45) is 0 Å². The Morgan fingerprint density at radius 1 is 1.18 bits per heavy atom. The summed E-state index contributed by atoms with van der Waals surface area (Å²) in [6.45, 7) is 5.81. The first-order valence-corrected chi connectivity index (χ1v) is 11.6. The summed E-state index contributed by atoms with van der Waals surface area (Å²) in [5.41, 5.74) is 1.98. The third kappa shape index (κ3) is 4.84. The summed E-state index contributed by atoms with van der Waals surface area (Å²) in [5, 5.41) is 7.74. The normalized spacial score (nSPS) is 19.3. The lowest BCUT2D eigenvalue weighted by molar-refractivity contribution is 0.0374. The molecule has 0 bridgehead atoms. The predicted octanol–water partition coefficient (Wildman–Crippen LogP) is 2.66. The van der Waals surface area contributed by atoms with E-state index in [0.29, 0.717) is 17.9 Å². The number of anilines is 1. The van der Waals surface area contributed by atoms with Crippen LogP contribution in [0.2, 0.25) is 0 Å². The molecule has 1 amide bonds. The third-order valence-electron chi connectivity index (χ3n) is 6.40. The van der Waals surface area contributed by atoms with E-state index >= 15 is 0 Å². The quantitative estimate of drug-likeness (QED) is 0.556. The molecule has 2 aliphatic heterocycles. The Kier molecular flexibility index (Phi) is 6.50. The van der Waals surface area contributed by atoms with E-state index < -0.39 is 0 Å². The number of nitrogens with zero attached hydrogens (tertiary/aromatic N) is 5. The van der Waals surface area contributed by atoms with Crippen LogP contribution in [0.3, 0.4) is 0 Å². The molecule has 1 unspecified atom stereocenters. The lowest BCUT2D eigenvalue weighted by Gasteiger charge is -2.26. The molecule has 0 saturated carbocycles. The minimum absolute atomic E-state index is 0.0617. The Balaban J connectivity index is 1.27. The van der Waals surface area contributed by atoms with Crippen LogP contribution in [0.25, 0.3) is 5.65 Å². The van der Waals surface area contributed by atoms with Crippen LogP contribution in [0, 0.1) is 5.82 Å². The molecule has 0 spiro atoms. The number of nitrogens with one attached hydrogen (secondary N) is 1. The number of amides is 1. The number of imidazole rings is 1. The van der Waals surface area contributed by atoms with Crippen LogP contribution in [0.4, 0.5) is 10.2 Å². The molecular weight excluding hydrogens is 423 g/mol. The van der Waals surface area contributed by atoms with Crippen LogP contribution in [-0.4, -0.2) is 71.3 Å². The van der Waals surface area contributed by atoms with Gasteiger partial charge in [0.25, 0.3) is 5.91 Å². The summed E-state index contributed by atoms with van der Waals surface area (Å²) in [5.74, 6) is 0.343.